The second kappa shape index (κ2) is 9.02. The van der Waals surface area contributed by atoms with Crippen molar-refractivity contribution in [3.05, 3.63) is 34.9 Å². The van der Waals surface area contributed by atoms with E-state index >= 15 is 0 Å². The van der Waals surface area contributed by atoms with Crippen LogP contribution in [0.5, 0.6) is 0 Å². The largest absolute Gasteiger partial charge is 0.381 e. The molecule has 9 heteroatoms. The number of aliphatic imine (C=N–C) groups is 1. The smallest absolute Gasteiger partial charge is 0.233 e. The van der Waals surface area contributed by atoms with Gasteiger partial charge >= 0.3 is 0 Å². The highest BCUT2D eigenvalue weighted by atomic mass is 35.5. The lowest BCUT2D eigenvalue weighted by Crippen LogP contribution is -2.56. The van der Waals surface area contributed by atoms with Gasteiger partial charge in [-0.2, -0.15) is 10.4 Å². The molecule has 3 heterocycles. The number of hydrogen-bond acceptors (Lipinski definition) is 5. The Morgan fingerprint density at radius 3 is 2.73 bits per heavy atom. The van der Waals surface area contributed by atoms with Gasteiger partial charge in [-0.1, -0.05) is 23.7 Å². The number of carbonyl (C=O) groups is 1. The molecule has 1 unspecified atom stereocenters. The Hall–Kier alpha value is -2.63. The van der Waals surface area contributed by atoms with Gasteiger partial charge in [0.2, 0.25) is 18.1 Å². The van der Waals surface area contributed by atoms with E-state index in [1.54, 1.807) is 5.01 Å². The summed E-state index contributed by atoms with van der Waals surface area (Å²) >= 11 is 6.06. The van der Waals surface area contributed by atoms with E-state index in [0.717, 1.165) is 37.3 Å². The molecule has 8 nitrogen and oxygen atoms in total. The number of halogens is 1. The highest BCUT2D eigenvalue weighted by Gasteiger charge is 2.41. The van der Waals surface area contributed by atoms with Crippen LogP contribution in [-0.2, 0) is 9.53 Å². The van der Waals surface area contributed by atoms with Gasteiger partial charge < -0.3 is 14.5 Å². The van der Waals surface area contributed by atoms with E-state index in [1.807, 2.05) is 47.2 Å². The van der Waals surface area contributed by atoms with E-state index in [2.05, 4.69) is 4.99 Å². The predicted octanol–water partition coefficient (Wildman–Crippen LogP) is 2.16. The molecule has 3 aliphatic rings. The van der Waals surface area contributed by atoms with Gasteiger partial charge in [0.15, 0.2) is 0 Å². The van der Waals surface area contributed by atoms with Gasteiger partial charge in [-0.05, 0) is 25.5 Å². The molecular formula is C21H25ClN6O2. The molecule has 0 radical (unpaired) electrons. The highest BCUT2D eigenvalue weighted by molar-refractivity contribution is 6.30. The van der Waals surface area contributed by atoms with Crippen LogP contribution in [0.15, 0.2) is 34.4 Å². The van der Waals surface area contributed by atoms with E-state index in [4.69, 9.17) is 21.4 Å². The Morgan fingerprint density at radius 1 is 1.33 bits per heavy atom. The number of amides is 1. The van der Waals surface area contributed by atoms with Crippen LogP contribution in [0, 0.1) is 17.4 Å². The van der Waals surface area contributed by atoms with Crippen LogP contribution in [0.3, 0.4) is 0 Å². The predicted molar refractivity (Wildman–Crippen MR) is 114 cm³/mol. The molecule has 0 saturated carbocycles. The minimum absolute atomic E-state index is 0.142. The first-order valence-electron chi connectivity index (χ1n) is 10.3. The second-order valence-electron chi connectivity index (χ2n) is 7.72. The van der Waals surface area contributed by atoms with Crippen molar-refractivity contribution >= 4 is 29.2 Å². The van der Waals surface area contributed by atoms with Gasteiger partial charge in [0.1, 0.15) is 0 Å². The Morgan fingerprint density at radius 2 is 2.10 bits per heavy atom. The minimum Gasteiger partial charge on any atom is -0.381 e. The molecule has 2 fully saturated rings. The van der Waals surface area contributed by atoms with Gasteiger partial charge in [-0.3, -0.25) is 4.79 Å². The first kappa shape index (κ1) is 20.6. The van der Waals surface area contributed by atoms with Crippen molar-refractivity contribution in [2.24, 2.45) is 16.0 Å². The van der Waals surface area contributed by atoms with Crippen molar-refractivity contribution in [1.29, 1.82) is 5.26 Å². The number of likely N-dealkylation sites (tertiary alicyclic amines) is 2. The summed E-state index contributed by atoms with van der Waals surface area (Å²) in [5.41, 5.74) is 1.72. The molecule has 1 aromatic rings. The number of hydrazone groups is 1. The molecule has 0 aromatic heterocycles. The third-order valence-corrected chi connectivity index (χ3v) is 5.95. The van der Waals surface area contributed by atoms with Gasteiger partial charge in [0.25, 0.3) is 0 Å². The molecule has 30 heavy (non-hydrogen) atoms. The van der Waals surface area contributed by atoms with Crippen LogP contribution in [-0.4, -0.2) is 77.8 Å². The normalized spacial score (nSPS) is 22.4. The van der Waals surface area contributed by atoms with Crippen molar-refractivity contribution < 1.29 is 9.53 Å². The fourth-order valence-electron chi connectivity index (χ4n) is 4.19. The summed E-state index contributed by atoms with van der Waals surface area (Å²) in [7, 11) is 0. The summed E-state index contributed by atoms with van der Waals surface area (Å²) in [6, 6.07) is 7.30. The molecule has 0 N–H and O–H groups in total. The molecule has 2 saturated heterocycles. The van der Waals surface area contributed by atoms with E-state index in [9.17, 15) is 10.1 Å². The van der Waals surface area contributed by atoms with Crippen LogP contribution in [0.25, 0.3) is 0 Å². The fraction of sp³-hybridized carbons (Fsp3) is 0.524. The van der Waals surface area contributed by atoms with E-state index in [-0.39, 0.29) is 11.9 Å². The first-order chi connectivity index (χ1) is 14.6. The third kappa shape index (κ3) is 4.13. The Bertz CT molecular complexity index is 888. The Kier molecular flexibility index (Phi) is 6.21. The summed E-state index contributed by atoms with van der Waals surface area (Å²) < 4.78 is 5.50. The average molecular weight is 429 g/mol. The Balaban J connectivity index is 1.58. The number of nitriles is 1. The quantitative estimate of drug-likeness (QED) is 0.407. The number of guanidine groups is 1. The summed E-state index contributed by atoms with van der Waals surface area (Å²) in [4.78, 5) is 20.5. The van der Waals surface area contributed by atoms with E-state index in [0.29, 0.717) is 43.1 Å². The summed E-state index contributed by atoms with van der Waals surface area (Å²) in [6.45, 7) is 6.13. The van der Waals surface area contributed by atoms with Crippen LogP contribution >= 0.6 is 11.6 Å². The third-order valence-electron chi connectivity index (χ3n) is 5.69. The number of rotatable bonds is 5. The summed E-state index contributed by atoms with van der Waals surface area (Å²) in [5, 5.41) is 16.5. The SMILES string of the molecule is CCOCC1CN(C(=NC#N)N2CC(N3CCCC3=O)C(c3ccc(Cl)cc3)=N2)C1. The minimum atomic E-state index is -0.175. The highest BCUT2D eigenvalue weighted by Crippen LogP contribution is 2.27. The maximum atomic E-state index is 12.5. The second-order valence-corrected chi connectivity index (χ2v) is 8.16. The van der Waals surface area contributed by atoms with Crippen LogP contribution in [0.1, 0.15) is 25.3 Å². The molecule has 0 aliphatic carbocycles. The number of ether oxygens (including phenoxy) is 1. The maximum Gasteiger partial charge on any atom is 0.233 e. The molecule has 158 valence electrons. The number of hydrogen-bond donors (Lipinski definition) is 0. The summed E-state index contributed by atoms with van der Waals surface area (Å²) in [5.74, 6) is 1.10. The topological polar surface area (TPSA) is 84.5 Å². The fourth-order valence-corrected chi connectivity index (χ4v) is 4.32. The zero-order chi connectivity index (χ0) is 21.1. The molecule has 4 rings (SSSR count). The standard InChI is InChI=1S/C21H25ClN6O2/c1-2-30-13-15-10-26(11-15)21(24-14-23)28-12-18(27-9-3-4-19(27)29)20(25-28)16-5-7-17(22)8-6-16/h5-8,15,18H,2-4,9-13H2,1H3. The Labute approximate surface area is 181 Å². The van der Waals surface area contributed by atoms with Crippen molar-refractivity contribution in [2.45, 2.75) is 25.8 Å². The van der Waals surface area contributed by atoms with Crippen molar-refractivity contribution in [3.8, 4) is 6.19 Å². The molecule has 1 atom stereocenters. The first-order valence-corrected chi connectivity index (χ1v) is 10.7. The van der Waals surface area contributed by atoms with Gasteiger partial charge in [0, 0.05) is 49.2 Å². The zero-order valence-electron chi connectivity index (χ0n) is 17.0. The number of benzene rings is 1. The lowest BCUT2D eigenvalue weighted by atomic mass is 10.0. The van der Waals surface area contributed by atoms with Crippen LogP contribution < -0.4 is 0 Å². The number of carbonyl (C=O) groups excluding carboxylic acids is 1. The lowest BCUT2D eigenvalue weighted by Gasteiger charge is -2.42. The lowest BCUT2D eigenvalue weighted by molar-refractivity contribution is -0.128. The van der Waals surface area contributed by atoms with Crippen LogP contribution in [0.4, 0.5) is 0 Å². The molecular weight excluding hydrogens is 404 g/mol. The van der Waals surface area contributed by atoms with Crippen molar-refractivity contribution in [2.75, 3.05) is 39.4 Å². The molecule has 3 aliphatic heterocycles. The monoisotopic (exact) mass is 428 g/mol. The van der Waals surface area contributed by atoms with Crippen molar-refractivity contribution in [1.82, 2.24) is 14.8 Å². The van der Waals surface area contributed by atoms with Crippen LogP contribution in [0.2, 0.25) is 5.02 Å². The van der Waals surface area contributed by atoms with Crippen molar-refractivity contribution in [3.63, 3.8) is 0 Å². The zero-order valence-corrected chi connectivity index (χ0v) is 17.8. The molecule has 1 aromatic carbocycles. The molecule has 1 amide bonds. The van der Waals surface area contributed by atoms with Gasteiger partial charge in [-0.25, -0.2) is 5.01 Å². The van der Waals surface area contributed by atoms with E-state index < -0.39 is 0 Å². The van der Waals surface area contributed by atoms with Gasteiger partial charge in [-0.15, -0.1) is 4.99 Å². The number of nitrogens with zero attached hydrogens (tertiary/aromatic N) is 6. The van der Waals surface area contributed by atoms with E-state index in [1.165, 1.54) is 0 Å². The summed E-state index contributed by atoms with van der Waals surface area (Å²) in [6.07, 6.45) is 3.33. The molecule has 0 spiro atoms. The molecule has 0 bridgehead atoms. The van der Waals surface area contributed by atoms with Gasteiger partial charge in [0.05, 0.1) is 24.9 Å². The average Bonchev–Trinajstić information content (AvgIpc) is 3.32. The maximum absolute atomic E-state index is 12.5.